The van der Waals surface area contributed by atoms with Gasteiger partial charge in [0, 0.05) is 6.04 Å². The van der Waals surface area contributed by atoms with Gasteiger partial charge in [0.25, 0.3) is 11.8 Å². The van der Waals surface area contributed by atoms with Crippen LogP contribution in [0.3, 0.4) is 0 Å². The highest BCUT2D eigenvalue weighted by Gasteiger charge is 2.17. The summed E-state index contributed by atoms with van der Waals surface area (Å²) in [5.41, 5.74) is 1.10. The number of hydrogen-bond donors (Lipinski definition) is 3. The van der Waals surface area contributed by atoms with Crippen molar-refractivity contribution in [3.63, 3.8) is 0 Å². The van der Waals surface area contributed by atoms with Crippen LogP contribution in [0.4, 0.5) is 0 Å². The highest BCUT2D eigenvalue weighted by atomic mass is 16.2. The minimum absolute atomic E-state index is 0.0394. The molecule has 5 nitrogen and oxygen atoms in total. The van der Waals surface area contributed by atoms with Crippen molar-refractivity contribution < 1.29 is 14.5 Å². The maximum absolute atomic E-state index is 12.3. The Hall–Kier alpha value is -2.40. The minimum atomic E-state index is -0.0871. The van der Waals surface area contributed by atoms with Crippen LogP contribution < -0.4 is 15.5 Å². The third-order valence-electron chi connectivity index (χ3n) is 4.04. The molecule has 0 spiro atoms. The van der Waals surface area contributed by atoms with Crippen LogP contribution in [-0.2, 0) is 9.59 Å². The first kappa shape index (κ1) is 18.9. The van der Waals surface area contributed by atoms with E-state index in [9.17, 15) is 9.59 Å². The lowest BCUT2D eigenvalue weighted by atomic mass is 10.00. The molecule has 2 aromatic rings. The van der Waals surface area contributed by atoms with Crippen LogP contribution >= 0.6 is 0 Å². The van der Waals surface area contributed by atoms with Gasteiger partial charge in [-0.1, -0.05) is 42.5 Å². The number of fused-ring (bicyclic) bond motifs is 1. The van der Waals surface area contributed by atoms with E-state index in [1.54, 1.807) is 0 Å². The smallest absolute Gasteiger partial charge is 0.275 e. The Morgan fingerprint density at radius 2 is 1.52 bits per heavy atom. The van der Waals surface area contributed by atoms with Gasteiger partial charge in [-0.3, -0.25) is 9.59 Å². The molecule has 0 heterocycles. The van der Waals surface area contributed by atoms with Gasteiger partial charge in [0.2, 0.25) is 0 Å². The topological polar surface area (TPSA) is 62.6 Å². The van der Waals surface area contributed by atoms with E-state index in [1.165, 1.54) is 0 Å². The maximum atomic E-state index is 12.3. The summed E-state index contributed by atoms with van der Waals surface area (Å²) in [6, 6.07) is 14.3. The summed E-state index contributed by atoms with van der Waals surface area (Å²) in [4.78, 5) is 24.9. The van der Waals surface area contributed by atoms with E-state index in [-0.39, 0.29) is 37.0 Å². The number of hydrogen-bond acceptors (Lipinski definition) is 2. The van der Waals surface area contributed by atoms with Gasteiger partial charge in [0.15, 0.2) is 13.1 Å². The Kier molecular flexibility index (Phi) is 6.53. The van der Waals surface area contributed by atoms with Crippen molar-refractivity contribution in [3.05, 3.63) is 48.0 Å². The molecule has 5 heteroatoms. The van der Waals surface area contributed by atoms with Crippen LogP contribution in [-0.4, -0.2) is 38.0 Å². The van der Waals surface area contributed by atoms with E-state index < -0.39 is 0 Å². The van der Waals surface area contributed by atoms with Crippen molar-refractivity contribution in [2.45, 2.75) is 32.9 Å². The van der Waals surface area contributed by atoms with E-state index in [1.807, 2.05) is 52.1 Å². The average Bonchev–Trinajstić information content (AvgIpc) is 2.52. The number of carbonyl (C=O) groups is 2. The molecule has 0 saturated carbocycles. The zero-order chi connectivity index (χ0) is 18.4. The molecule has 1 unspecified atom stereocenters. The summed E-state index contributed by atoms with van der Waals surface area (Å²) < 4.78 is 0. The van der Waals surface area contributed by atoms with Crippen LogP contribution in [0, 0.1) is 0 Å². The van der Waals surface area contributed by atoms with E-state index in [0.717, 1.165) is 21.2 Å². The molecule has 3 N–H and O–H groups in total. The monoisotopic (exact) mass is 342 g/mol. The molecule has 0 saturated heterocycles. The van der Waals surface area contributed by atoms with Crippen LogP contribution in [0.2, 0.25) is 0 Å². The third-order valence-corrected chi connectivity index (χ3v) is 4.04. The van der Waals surface area contributed by atoms with Crippen molar-refractivity contribution in [1.29, 1.82) is 0 Å². The van der Waals surface area contributed by atoms with E-state index in [2.05, 4.69) is 28.8 Å². The first-order chi connectivity index (χ1) is 11.9. The second-order valence-electron chi connectivity index (χ2n) is 6.89. The van der Waals surface area contributed by atoms with Gasteiger partial charge in [-0.2, -0.15) is 0 Å². The molecule has 134 valence electrons. The molecule has 25 heavy (non-hydrogen) atoms. The number of amides is 2. The van der Waals surface area contributed by atoms with Crippen molar-refractivity contribution in [2.75, 3.05) is 20.1 Å². The van der Waals surface area contributed by atoms with Gasteiger partial charge in [0.05, 0.1) is 13.1 Å². The standard InChI is InChI=1S/C20H27N3O2/c1-14(2)21-19(24)12-23(4)13-20(25)22-15(3)17-11-7-9-16-8-5-6-10-18(16)17/h5-11,14-15H,12-13H2,1-4H3,(H,21,24)(H,22,25)/p+1/t15-/m0/s1. The summed E-state index contributed by atoms with van der Waals surface area (Å²) in [5.74, 6) is -0.0994. The largest absolute Gasteiger partial charge is 0.349 e. The van der Waals surface area contributed by atoms with Crippen LogP contribution in [0.5, 0.6) is 0 Å². The number of quaternary nitrogens is 1. The van der Waals surface area contributed by atoms with Gasteiger partial charge in [-0.15, -0.1) is 0 Å². The highest BCUT2D eigenvalue weighted by Crippen LogP contribution is 2.23. The molecular formula is C20H28N3O2+. The van der Waals surface area contributed by atoms with Gasteiger partial charge < -0.3 is 15.5 Å². The summed E-state index contributed by atoms with van der Waals surface area (Å²) >= 11 is 0. The van der Waals surface area contributed by atoms with E-state index in [4.69, 9.17) is 0 Å². The zero-order valence-electron chi connectivity index (χ0n) is 15.4. The minimum Gasteiger partial charge on any atom is -0.349 e. The number of likely N-dealkylation sites (N-methyl/N-ethyl adjacent to an activating group) is 1. The van der Waals surface area contributed by atoms with Gasteiger partial charge >= 0.3 is 0 Å². The molecule has 0 aromatic heterocycles. The molecule has 0 radical (unpaired) electrons. The molecule has 0 bridgehead atoms. The number of carbonyl (C=O) groups excluding carboxylic acids is 2. The average molecular weight is 342 g/mol. The Bertz CT molecular complexity index is 737. The van der Waals surface area contributed by atoms with Crippen molar-refractivity contribution >= 4 is 22.6 Å². The Morgan fingerprint density at radius 3 is 2.20 bits per heavy atom. The second kappa shape index (κ2) is 8.62. The fourth-order valence-corrected chi connectivity index (χ4v) is 2.98. The molecule has 0 aliphatic rings. The fraction of sp³-hybridized carbons (Fsp3) is 0.400. The Balaban J connectivity index is 1.94. The predicted octanol–water partition coefficient (Wildman–Crippen LogP) is 1.06. The summed E-state index contributed by atoms with van der Waals surface area (Å²) in [6.45, 7) is 6.38. The van der Waals surface area contributed by atoms with Gasteiger partial charge in [0.1, 0.15) is 0 Å². The first-order valence-corrected chi connectivity index (χ1v) is 8.74. The Labute approximate surface area is 149 Å². The molecule has 0 aliphatic carbocycles. The number of nitrogens with one attached hydrogen (secondary N) is 3. The SMILES string of the molecule is CC(C)NC(=O)C[NH+](C)CC(=O)N[C@@H](C)c1cccc2ccccc12. The quantitative estimate of drug-likeness (QED) is 0.704. The normalized spacial score (nSPS) is 13.5. The van der Waals surface area contributed by atoms with E-state index in [0.29, 0.717) is 0 Å². The number of rotatable bonds is 7. The lowest BCUT2D eigenvalue weighted by molar-refractivity contribution is -0.862. The third kappa shape index (κ3) is 5.57. The lowest BCUT2D eigenvalue weighted by Crippen LogP contribution is -3.11. The molecule has 2 amide bonds. The van der Waals surface area contributed by atoms with Crippen LogP contribution in [0.15, 0.2) is 42.5 Å². The fourth-order valence-electron chi connectivity index (χ4n) is 2.98. The molecule has 0 aliphatic heterocycles. The molecular weight excluding hydrogens is 314 g/mol. The molecule has 2 aromatic carbocycles. The van der Waals surface area contributed by atoms with Gasteiger partial charge in [-0.25, -0.2) is 0 Å². The van der Waals surface area contributed by atoms with Crippen molar-refractivity contribution in [2.24, 2.45) is 0 Å². The van der Waals surface area contributed by atoms with Crippen LogP contribution in [0.1, 0.15) is 32.4 Å². The molecule has 0 fully saturated rings. The summed E-state index contributed by atoms with van der Waals surface area (Å²) in [6.07, 6.45) is 0. The number of benzene rings is 2. The Morgan fingerprint density at radius 1 is 0.920 bits per heavy atom. The lowest BCUT2D eigenvalue weighted by Gasteiger charge is -2.19. The highest BCUT2D eigenvalue weighted by molar-refractivity contribution is 5.87. The predicted molar refractivity (Wildman–Crippen MR) is 100 cm³/mol. The van der Waals surface area contributed by atoms with Gasteiger partial charge in [-0.05, 0) is 37.1 Å². The zero-order valence-corrected chi connectivity index (χ0v) is 15.4. The first-order valence-electron chi connectivity index (χ1n) is 8.74. The van der Waals surface area contributed by atoms with Crippen molar-refractivity contribution in [3.8, 4) is 0 Å². The second-order valence-corrected chi connectivity index (χ2v) is 6.89. The summed E-state index contributed by atoms with van der Waals surface area (Å²) in [5, 5.41) is 8.19. The maximum Gasteiger partial charge on any atom is 0.275 e. The van der Waals surface area contributed by atoms with Crippen molar-refractivity contribution in [1.82, 2.24) is 10.6 Å². The van der Waals surface area contributed by atoms with E-state index >= 15 is 0 Å². The molecule has 2 rings (SSSR count). The van der Waals surface area contributed by atoms with Crippen LogP contribution in [0.25, 0.3) is 10.8 Å². The molecule has 2 atom stereocenters. The summed E-state index contributed by atoms with van der Waals surface area (Å²) in [7, 11) is 1.85.